The van der Waals surface area contributed by atoms with Crippen molar-refractivity contribution in [1.82, 2.24) is 0 Å². The van der Waals surface area contributed by atoms with Crippen LogP contribution in [0.15, 0.2) is 29.4 Å². The number of nitrogens with zero attached hydrogens (tertiary/aromatic N) is 1. The molecule has 2 aliphatic rings. The Morgan fingerprint density at radius 2 is 1.80 bits per heavy atom. The van der Waals surface area contributed by atoms with Gasteiger partial charge < -0.3 is 16.3 Å². The molecule has 20 heavy (non-hydrogen) atoms. The summed E-state index contributed by atoms with van der Waals surface area (Å²) >= 11 is 0. The van der Waals surface area contributed by atoms with Crippen molar-refractivity contribution in [3.05, 3.63) is 29.8 Å². The van der Waals surface area contributed by atoms with E-state index in [1.54, 1.807) is 24.3 Å². The lowest BCUT2D eigenvalue weighted by atomic mass is 10.0. The number of nitrogens with two attached hydrogens (primary N) is 1. The minimum atomic E-state index is 0.0658. The van der Waals surface area contributed by atoms with Crippen LogP contribution in [0.25, 0.3) is 0 Å². The normalized spacial score (nSPS) is 28.6. The minimum Gasteiger partial charge on any atom is -0.409 e. The van der Waals surface area contributed by atoms with Crippen LogP contribution in [-0.2, 0) is 4.79 Å². The molecule has 0 saturated heterocycles. The zero-order valence-corrected chi connectivity index (χ0v) is 11.2. The Balaban J connectivity index is 1.62. The van der Waals surface area contributed by atoms with Crippen molar-refractivity contribution in [2.75, 3.05) is 5.32 Å². The molecule has 2 fully saturated rings. The molecule has 2 atom stereocenters. The molecule has 1 aromatic rings. The summed E-state index contributed by atoms with van der Waals surface area (Å²) in [5.74, 6) is 1.64. The number of nitrogens with one attached hydrogen (secondary N) is 1. The molecule has 0 aliphatic heterocycles. The first kappa shape index (κ1) is 13.0. The van der Waals surface area contributed by atoms with Gasteiger partial charge in [-0.05, 0) is 48.9 Å². The van der Waals surface area contributed by atoms with E-state index in [1.807, 2.05) is 0 Å². The molecule has 4 N–H and O–H groups in total. The highest BCUT2D eigenvalue weighted by Gasteiger charge is 2.54. The van der Waals surface area contributed by atoms with Crippen LogP contribution in [0, 0.1) is 17.8 Å². The lowest BCUT2D eigenvalue weighted by molar-refractivity contribution is -0.117. The van der Waals surface area contributed by atoms with E-state index >= 15 is 0 Å². The van der Waals surface area contributed by atoms with Crippen molar-refractivity contribution in [2.24, 2.45) is 28.6 Å². The van der Waals surface area contributed by atoms with E-state index in [0.29, 0.717) is 17.4 Å². The molecule has 5 heteroatoms. The van der Waals surface area contributed by atoms with Gasteiger partial charge in [-0.3, -0.25) is 4.79 Å². The molecule has 0 heterocycles. The summed E-state index contributed by atoms with van der Waals surface area (Å²) in [6, 6.07) is 7.00. The summed E-state index contributed by atoms with van der Waals surface area (Å²) in [7, 11) is 0. The number of anilines is 1. The fraction of sp³-hybridized carbons (Fsp3) is 0.467. The quantitative estimate of drug-likeness (QED) is 0.341. The van der Waals surface area contributed by atoms with Crippen LogP contribution in [0.5, 0.6) is 0 Å². The van der Waals surface area contributed by atoms with E-state index in [1.165, 1.54) is 25.7 Å². The third-order valence-electron chi connectivity index (χ3n) is 4.52. The van der Waals surface area contributed by atoms with Gasteiger partial charge in [0.1, 0.15) is 0 Å². The van der Waals surface area contributed by atoms with Gasteiger partial charge in [0.25, 0.3) is 0 Å². The fourth-order valence-electron chi connectivity index (χ4n) is 3.39. The predicted molar refractivity (Wildman–Crippen MR) is 76.5 cm³/mol. The van der Waals surface area contributed by atoms with Gasteiger partial charge in [0.15, 0.2) is 5.84 Å². The predicted octanol–water partition coefficient (Wildman–Crippen LogP) is 2.16. The average molecular weight is 273 g/mol. The molecule has 3 rings (SSSR count). The number of fused-ring (bicyclic) bond motifs is 1. The molecule has 5 nitrogen and oxygen atoms in total. The van der Waals surface area contributed by atoms with Crippen LogP contribution in [0.1, 0.15) is 31.2 Å². The highest BCUT2D eigenvalue weighted by Crippen LogP contribution is 2.55. The monoisotopic (exact) mass is 273 g/mol. The number of hydrogen-bond donors (Lipinski definition) is 3. The Kier molecular flexibility index (Phi) is 3.34. The average Bonchev–Trinajstić information content (AvgIpc) is 3.21. The van der Waals surface area contributed by atoms with Gasteiger partial charge in [-0.15, -0.1) is 0 Å². The van der Waals surface area contributed by atoms with E-state index in [2.05, 4.69) is 10.5 Å². The maximum absolute atomic E-state index is 12.2. The molecule has 0 radical (unpaired) electrons. The van der Waals surface area contributed by atoms with E-state index in [0.717, 1.165) is 5.69 Å². The van der Waals surface area contributed by atoms with Gasteiger partial charge in [-0.2, -0.15) is 0 Å². The third kappa shape index (κ3) is 2.35. The second kappa shape index (κ2) is 5.15. The largest absolute Gasteiger partial charge is 0.409 e. The Morgan fingerprint density at radius 3 is 2.35 bits per heavy atom. The number of oxime groups is 1. The van der Waals surface area contributed by atoms with Gasteiger partial charge in [-0.25, -0.2) is 0 Å². The molecule has 0 aromatic heterocycles. The molecule has 106 valence electrons. The van der Waals surface area contributed by atoms with Gasteiger partial charge in [0.05, 0.1) is 0 Å². The van der Waals surface area contributed by atoms with E-state index in [9.17, 15) is 4.79 Å². The highest BCUT2D eigenvalue weighted by atomic mass is 16.4. The van der Waals surface area contributed by atoms with Crippen molar-refractivity contribution < 1.29 is 10.0 Å². The van der Waals surface area contributed by atoms with Crippen molar-refractivity contribution in [2.45, 2.75) is 25.7 Å². The van der Waals surface area contributed by atoms with Crippen LogP contribution in [0.2, 0.25) is 0 Å². The lowest BCUT2D eigenvalue weighted by Gasteiger charge is -2.06. The van der Waals surface area contributed by atoms with Crippen LogP contribution < -0.4 is 11.1 Å². The molecule has 0 bridgehead atoms. The number of amides is 1. The van der Waals surface area contributed by atoms with Crippen LogP contribution in [-0.4, -0.2) is 17.0 Å². The minimum absolute atomic E-state index is 0.0658. The second-order valence-electron chi connectivity index (χ2n) is 5.69. The first-order valence-electron chi connectivity index (χ1n) is 7.09. The number of carbonyl (C=O) groups excluding carboxylic acids is 1. The lowest BCUT2D eigenvalue weighted by Crippen LogP contribution is -2.16. The van der Waals surface area contributed by atoms with Crippen LogP contribution in [0.3, 0.4) is 0 Å². The Morgan fingerprint density at radius 1 is 1.20 bits per heavy atom. The van der Waals surface area contributed by atoms with E-state index in [-0.39, 0.29) is 17.7 Å². The third-order valence-corrected chi connectivity index (χ3v) is 4.52. The smallest absolute Gasteiger partial charge is 0.228 e. The summed E-state index contributed by atoms with van der Waals surface area (Å²) in [5.41, 5.74) is 6.88. The summed E-state index contributed by atoms with van der Waals surface area (Å²) in [4.78, 5) is 12.2. The first-order chi connectivity index (χ1) is 9.70. The molecule has 1 aromatic carbocycles. The molecule has 2 saturated carbocycles. The molecule has 0 spiro atoms. The summed E-state index contributed by atoms with van der Waals surface area (Å²) in [6.45, 7) is 0. The molecule has 2 aliphatic carbocycles. The van der Waals surface area contributed by atoms with E-state index < -0.39 is 0 Å². The topological polar surface area (TPSA) is 87.7 Å². The van der Waals surface area contributed by atoms with Crippen molar-refractivity contribution >= 4 is 17.4 Å². The van der Waals surface area contributed by atoms with Crippen LogP contribution >= 0.6 is 0 Å². The maximum atomic E-state index is 12.2. The molecular weight excluding hydrogens is 254 g/mol. The zero-order chi connectivity index (χ0) is 14.1. The Labute approximate surface area is 117 Å². The molecule has 2 unspecified atom stereocenters. The zero-order valence-electron chi connectivity index (χ0n) is 11.2. The standard InChI is InChI=1S/C15H19N3O2/c16-14(18-20)9-5-7-10(8-6-9)17-15(19)13-11-3-1-2-4-12(11)13/h5-8,11-13,20H,1-4H2,(H2,16,18)(H,17,19). The summed E-state index contributed by atoms with van der Waals surface area (Å²) in [5, 5.41) is 14.5. The number of benzene rings is 1. The van der Waals surface area contributed by atoms with Crippen molar-refractivity contribution in [1.29, 1.82) is 0 Å². The van der Waals surface area contributed by atoms with Gasteiger partial charge >= 0.3 is 0 Å². The van der Waals surface area contributed by atoms with Gasteiger partial charge in [0.2, 0.25) is 5.91 Å². The van der Waals surface area contributed by atoms with Crippen LogP contribution in [0.4, 0.5) is 5.69 Å². The number of amidine groups is 1. The van der Waals surface area contributed by atoms with E-state index in [4.69, 9.17) is 10.9 Å². The van der Waals surface area contributed by atoms with Gasteiger partial charge in [0, 0.05) is 17.2 Å². The molecule has 1 amide bonds. The number of carbonyl (C=O) groups is 1. The number of hydrogen-bond acceptors (Lipinski definition) is 3. The maximum Gasteiger partial charge on any atom is 0.228 e. The van der Waals surface area contributed by atoms with Crippen molar-refractivity contribution in [3.8, 4) is 0 Å². The second-order valence-corrected chi connectivity index (χ2v) is 5.69. The number of rotatable bonds is 3. The van der Waals surface area contributed by atoms with Crippen molar-refractivity contribution in [3.63, 3.8) is 0 Å². The van der Waals surface area contributed by atoms with Gasteiger partial charge in [-0.1, -0.05) is 18.0 Å². The molecular formula is C15H19N3O2. The summed E-state index contributed by atoms with van der Waals surface area (Å²) < 4.78 is 0. The Bertz CT molecular complexity index is 527. The fourth-order valence-corrected chi connectivity index (χ4v) is 3.39. The highest BCUT2D eigenvalue weighted by molar-refractivity contribution is 5.98. The first-order valence-corrected chi connectivity index (χ1v) is 7.09. The Hall–Kier alpha value is -2.04. The SMILES string of the molecule is N/C(=N/O)c1ccc(NC(=O)C2C3CCCCC32)cc1. The summed E-state index contributed by atoms with van der Waals surface area (Å²) in [6.07, 6.45) is 4.93.